The number of carbonyl (C=O) groups excluding carboxylic acids is 1. The third-order valence-electron chi connectivity index (χ3n) is 4.41. The number of nitrogens with one attached hydrogen (secondary N) is 2. The molecule has 114 valence electrons. The van der Waals surface area contributed by atoms with E-state index in [1.807, 2.05) is 0 Å². The number of para-hydroxylation sites is 1. The molecule has 3 aliphatic rings. The Kier molecular flexibility index (Phi) is 4.17. The third-order valence-corrected chi connectivity index (χ3v) is 4.41. The molecule has 3 aliphatic heterocycles. The minimum Gasteiger partial charge on any atom is -0.320 e. The van der Waals surface area contributed by atoms with Crippen LogP contribution in [-0.2, 0) is 4.79 Å². The first-order chi connectivity index (χ1) is 10.1. The van der Waals surface area contributed by atoms with E-state index in [0.29, 0.717) is 12.0 Å². The van der Waals surface area contributed by atoms with Crippen LogP contribution >= 0.6 is 0 Å². The first-order valence-corrected chi connectivity index (χ1v) is 7.33. The number of carbonyl (C=O) groups is 1. The van der Waals surface area contributed by atoms with Crippen LogP contribution in [0.4, 0.5) is 14.5 Å². The highest BCUT2D eigenvalue weighted by molar-refractivity contribution is 5.92. The smallest absolute Gasteiger partial charge is 0.238 e. The summed E-state index contributed by atoms with van der Waals surface area (Å²) in [5.74, 6) is -1.33. The minimum absolute atomic E-state index is 0.0722. The van der Waals surface area contributed by atoms with Crippen LogP contribution in [0.1, 0.15) is 12.8 Å². The highest BCUT2D eigenvalue weighted by Gasteiger charge is 2.33. The summed E-state index contributed by atoms with van der Waals surface area (Å²) >= 11 is 0. The molecule has 3 heterocycles. The van der Waals surface area contributed by atoms with Crippen molar-refractivity contribution in [3.63, 3.8) is 0 Å². The van der Waals surface area contributed by atoms with Crippen molar-refractivity contribution < 1.29 is 13.6 Å². The van der Waals surface area contributed by atoms with Gasteiger partial charge in [0.05, 0.1) is 6.54 Å². The molecule has 0 radical (unpaired) electrons. The molecule has 1 aromatic carbocycles. The van der Waals surface area contributed by atoms with E-state index in [1.165, 1.54) is 6.07 Å². The Labute approximate surface area is 122 Å². The zero-order valence-corrected chi connectivity index (χ0v) is 11.7. The van der Waals surface area contributed by atoms with Gasteiger partial charge in [-0.2, -0.15) is 0 Å². The van der Waals surface area contributed by atoms with E-state index < -0.39 is 17.5 Å². The lowest BCUT2D eigenvalue weighted by Gasteiger charge is -2.45. The molecule has 3 saturated heterocycles. The number of rotatable bonds is 4. The Morgan fingerprint density at radius 2 is 1.90 bits per heavy atom. The molecule has 21 heavy (non-hydrogen) atoms. The fourth-order valence-electron chi connectivity index (χ4n) is 3.22. The zero-order chi connectivity index (χ0) is 14.8. The second-order valence-electron chi connectivity index (χ2n) is 5.77. The lowest BCUT2D eigenvalue weighted by molar-refractivity contribution is -0.115. The van der Waals surface area contributed by atoms with Gasteiger partial charge >= 0.3 is 0 Å². The first-order valence-electron chi connectivity index (χ1n) is 7.33. The number of halogens is 2. The maximum atomic E-state index is 13.4. The summed E-state index contributed by atoms with van der Waals surface area (Å²) in [7, 11) is 0. The molecule has 1 atom stereocenters. The molecule has 2 N–H and O–H groups in total. The SMILES string of the molecule is O=C(CNC1CN2CCC1CC2)Nc1c(F)cccc1F. The molecule has 0 aromatic heterocycles. The van der Waals surface area contributed by atoms with Gasteiger partial charge in [-0.1, -0.05) is 6.07 Å². The van der Waals surface area contributed by atoms with Gasteiger partial charge in [0.25, 0.3) is 0 Å². The Morgan fingerprint density at radius 3 is 2.48 bits per heavy atom. The molecule has 1 aromatic rings. The number of piperidine rings is 3. The van der Waals surface area contributed by atoms with Gasteiger partial charge < -0.3 is 15.5 Å². The zero-order valence-electron chi connectivity index (χ0n) is 11.7. The van der Waals surface area contributed by atoms with Gasteiger partial charge in [0.15, 0.2) is 0 Å². The molecule has 1 unspecified atom stereocenters. The predicted octanol–water partition coefficient (Wildman–Crippen LogP) is 1.59. The summed E-state index contributed by atoms with van der Waals surface area (Å²) < 4.78 is 26.9. The van der Waals surface area contributed by atoms with E-state index in [4.69, 9.17) is 0 Å². The molecule has 4 nitrogen and oxygen atoms in total. The van der Waals surface area contributed by atoms with Crippen LogP contribution in [0, 0.1) is 17.6 Å². The van der Waals surface area contributed by atoms with Crippen LogP contribution in [0.5, 0.6) is 0 Å². The van der Waals surface area contributed by atoms with E-state index in [2.05, 4.69) is 15.5 Å². The fraction of sp³-hybridized carbons (Fsp3) is 0.533. The number of hydrogen-bond acceptors (Lipinski definition) is 3. The predicted molar refractivity (Wildman–Crippen MR) is 75.9 cm³/mol. The Balaban J connectivity index is 1.53. The maximum absolute atomic E-state index is 13.4. The van der Waals surface area contributed by atoms with Gasteiger partial charge in [0, 0.05) is 12.6 Å². The second kappa shape index (κ2) is 6.07. The lowest BCUT2D eigenvalue weighted by atomic mass is 9.84. The van der Waals surface area contributed by atoms with Crippen LogP contribution in [0.15, 0.2) is 18.2 Å². The average molecular weight is 295 g/mol. The standard InChI is InChI=1S/C15H19F2N3O/c16-11-2-1-3-12(17)15(11)19-14(21)8-18-13-9-20-6-4-10(13)5-7-20/h1-3,10,13,18H,4-9H2,(H,19,21). The van der Waals surface area contributed by atoms with E-state index in [-0.39, 0.29) is 12.2 Å². The molecule has 0 saturated carbocycles. The summed E-state index contributed by atoms with van der Waals surface area (Å²) in [5, 5.41) is 5.51. The van der Waals surface area contributed by atoms with E-state index >= 15 is 0 Å². The van der Waals surface area contributed by atoms with Crippen molar-refractivity contribution in [3.8, 4) is 0 Å². The number of nitrogens with zero attached hydrogens (tertiary/aromatic N) is 1. The Hall–Kier alpha value is -1.53. The summed E-state index contributed by atoms with van der Waals surface area (Å²) in [6.07, 6.45) is 2.31. The molecule has 6 heteroatoms. The highest BCUT2D eigenvalue weighted by Crippen LogP contribution is 2.27. The van der Waals surface area contributed by atoms with E-state index in [1.54, 1.807) is 0 Å². The molecular weight excluding hydrogens is 276 g/mol. The summed E-state index contributed by atoms with van der Waals surface area (Å²) in [4.78, 5) is 14.2. The van der Waals surface area contributed by atoms with E-state index in [0.717, 1.165) is 44.6 Å². The minimum atomic E-state index is -0.758. The molecule has 4 rings (SSSR count). The number of anilines is 1. The van der Waals surface area contributed by atoms with Gasteiger partial charge in [-0.15, -0.1) is 0 Å². The number of fused-ring (bicyclic) bond motifs is 3. The quantitative estimate of drug-likeness (QED) is 0.886. The topological polar surface area (TPSA) is 44.4 Å². The van der Waals surface area contributed by atoms with Crippen molar-refractivity contribution in [2.45, 2.75) is 18.9 Å². The van der Waals surface area contributed by atoms with E-state index in [9.17, 15) is 13.6 Å². The molecule has 3 fully saturated rings. The highest BCUT2D eigenvalue weighted by atomic mass is 19.1. The van der Waals surface area contributed by atoms with Crippen molar-refractivity contribution in [2.75, 3.05) is 31.5 Å². The average Bonchev–Trinajstić information content (AvgIpc) is 2.50. The van der Waals surface area contributed by atoms with Gasteiger partial charge in [0.2, 0.25) is 5.91 Å². The van der Waals surface area contributed by atoms with Gasteiger partial charge in [0.1, 0.15) is 17.3 Å². The van der Waals surface area contributed by atoms with Crippen molar-refractivity contribution in [3.05, 3.63) is 29.8 Å². The van der Waals surface area contributed by atoms with Crippen LogP contribution in [0.2, 0.25) is 0 Å². The Bertz CT molecular complexity index is 509. The molecule has 2 bridgehead atoms. The first kappa shape index (κ1) is 14.4. The van der Waals surface area contributed by atoms with Crippen LogP contribution in [-0.4, -0.2) is 43.0 Å². The molecule has 0 aliphatic carbocycles. The summed E-state index contributed by atoms with van der Waals surface area (Å²) in [5.41, 5.74) is -0.377. The van der Waals surface area contributed by atoms with Gasteiger partial charge in [-0.3, -0.25) is 4.79 Å². The molecule has 0 spiro atoms. The number of hydrogen-bond donors (Lipinski definition) is 2. The van der Waals surface area contributed by atoms with Crippen LogP contribution in [0.25, 0.3) is 0 Å². The number of amides is 1. The van der Waals surface area contributed by atoms with Crippen molar-refractivity contribution in [1.82, 2.24) is 10.2 Å². The van der Waals surface area contributed by atoms with Crippen LogP contribution < -0.4 is 10.6 Å². The largest absolute Gasteiger partial charge is 0.320 e. The lowest BCUT2D eigenvalue weighted by Crippen LogP contribution is -2.57. The van der Waals surface area contributed by atoms with Gasteiger partial charge in [-0.25, -0.2) is 8.78 Å². The third kappa shape index (κ3) is 3.22. The number of benzene rings is 1. The van der Waals surface area contributed by atoms with Crippen molar-refractivity contribution in [2.24, 2.45) is 5.92 Å². The molecular formula is C15H19F2N3O. The summed E-state index contributed by atoms with van der Waals surface area (Å²) in [6, 6.07) is 3.81. The normalized spacial score (nSPS) is 27.6. The maximum Gasteiger partial charge on any atom is 0.238 e. The second-order valence-corrected chi connectivity index (χ2v) is 5.77. The van der Waals surface area contributed by atoms with Crippen molar-refractivity contribution in [1.29, 1.82) is 0 Å². The molecule has 1 amide bonds. The van der Waals surface area contributed by atoms with Gasteiger partial charge in [-0.05, 0) is 44.0 Å². The fourth-order valence-corrected chi connectivity index (χ4v) is 3.22. The van der Waals surface area contributed by atoms with Crippen molar-refractivity contribution >= 4 is 11.6 Å². The monoisotopic (exact) mass is 295 g/mol. The summed E-state index contributed by atoms with van der Waals surface area (Å²) in [6.45, 7) is 3.29. The Morgan fingerprint density at radius 1 is 1.24 bits per heavy atom. The van der Waals surface area contributed by atoms with Crippen LogP contribution in [0.3, 0.4) is 0 Å².